The van der Waals surface area contributed by atoms with Gasteiger partial charge in [-0.15, -0.1) is 0 Å². The van der Waals surface area contributed by atoms with Crippen LogP contribution in [0.15, 0.2) is 24.3 Å². The Kier molecular flexibility index (Phi) is 5.05. The summed E-state index contributed by atoms with van der Waals surface area (Å²) in [6.07, 6.45) is 3.24. The van der Waals surface area contributed by atoms with E-state index in [1.54, 1.807) is 26.0 Å². The lowest BCUT2D eigenvalue weighted by Crippen LogP contribution is -2.13. The molecule has 2 N–H and O–H groups in total. The maximum Gasteiger partial charge on any atom is 0.344 e. The van der Waals surface area contributed by atoms with Crippen molar-refractivity contribution in [1.82, 2.24) is 9.97 Å². The fourth-order valence-corrected chi connectivity index (χ4v) is 1.29. The molecule has 0 bridgehead atoms. The highest BCUT2D eigenvalue weighted by molar-refractivity contribution is 5.92. The summed E-state index contributed by atoms with van der Waals surface area (Å²) in [5.41, 5.74) is 6.27. The number of nitrogen functional groups attached to an aromatic ring is 1. The Morgan fingerprint density at radius 2 is 2.05 bits per heavy atom. The Bertz CT molecular complexity index is 524. The average Bonchev–Trinajstić information content (AvgIpc) is 2.35. The summed E-state index contributed by atoms with van der Waals surface area (Å²) in [5, 5.41) is 0. The second-order valence-electron chi connectivity index (χ2n) is 3.66. The summed E-state index contributed by atoms with van der Waals surface area (Å²) >= 11 is 0. The monoisotopic (exact) mass is 263 g/mol. The first-order valence-electron chi connectivity index (χ1n) is 5.80. The van der Waals surface area contributed by atoms with Gasteiger partial charge in [-0.25, -0.2) is 4.79 Å². The number of esters is 1. The minimum atomic E-state index is -0.596. The van der Waals surface area contributed by atoms with Gasteiger partial charge in [-0.2, -0.15) is 9.97 Å². The van der Waals surface area contributed by atoms with Gasteiger partial charge >= 0.3 is 5.97 Å². The molecular weight excluding hydrogens is 246 g/mol. The van der Waals surface area contributed by atoms with Crippen LogP contribution in [0.25, 0.3) is 0 Å². The van der Waals surface area contributed by atoms with Gasteiger partial charge in [-0.1, -0.05) is 18.7 Å². The highest BCUT2D eigenvalue weighted by Gasteiger charge is 2.16. The third-order valence-electron chi connectivity index (χ3n) is 2.17. The fraction of sp³-hybridized carbons (Fsp3) is 0.308. The van der Waals surface area contributed by atoms with E-state index in [1.807, 2.05) is 6.92 Å². The minimum absolute atomic E-state index is 0.0199. The molecule has 0 aliphatic carbocycles. The maximum atomic E-state index is 11.7. The number of nitrogens with zero attached hydrogens (tertiary/aromatic N) is 2. The van der Waals surface area contributed by atoms with Crippen molar-refractivity contribution >= 4 is 11.9 Å². The van der Waals surface area contributed by atoms with Crippen LogP contribution >= 0.6 is 0 Å². The van der Waals surface area contributed by atoms with E-state index >= 15 is 0 Å². The zero-order valence-corrected chi connectivity index (χ0v) is 11.3. The summed E-state index contributed by atoms with van der Waals surface area (Å²) in [5.74, 6) is -0.240. The number of nitrogens with two attached hydrogens (primary N) is 1. The normalized spacial score (nSPS) is 10.5. The van der Waals surface area contributed by atoms with Gasteiger partial charge in [0.1, 0.15) is 0 Å². The topological polar surface area (TPSA) is 87.3 Å². The number of hydrogen-bond donors (Lipinski definition) is 1. The van der Waals surface area contributed by atoms with E-state index in [1.165, 1.54) is 0 Å². The lowest BCUT2D eigenvalue weighted by molar-refractivity contribution is -0.130. The Balaban J connectivity index is 3.01. The summed E-state index contributed by atoms with van der Waals surface area (Å²) < 4.78 is 10.4. The number of allylic oxidation sites excluding steroid dienone is 1. The van der Waals surface area contributed by atoms with E-state index in [0.29, 0.717) is 18.1 Å². The first-order chi connectivity index (χ1) is 8.99. The maximum absolute atomic E-state index is 11.7. The SMILES string of the molecule is C=C(/C=C\C)C(=O)Oc1nc(N)nc(OCC)c1C. The van der Waals surface area contributed by atoms with Gasteiger partial charge in [0.2, 0.25) is 17.7 Å². The van der Waals surface area contributed by atoms with Gasteiger partial charge in [0.25, 0.3) is 0 Å². The molecule has 0 saturated carbocycles. The zero-order valence-electron chi connectivity index (χ0n) is 11.3. The van der Waals surface area contributed by atoms with E-state index in [0.717, 1.165) is 0 Å². The second kappa shape index (κ2) is 6.53. The van der Waals surface area contributed by atoms with E-state index in [4.69, 9.17) is 15.2 Å². The molecule has 1 rings (SSSR count). The number of carbonyl (C=O) groups excluding carboxylic acids is 1. The molecule has 1 aromatic heterocycles. The van der Waals surface area contributed by atoms with Crippen molar-refractivity contribution in [2.45, 2.75) is 20.8 Å². The molecule has 0 radical (unpaired) electrons. The van der Waals surface area contributed by atoms with Crippen molar-refractivity contribution in [1.29, 1.82) is 0 Å². The fourth-order valence-electron chi connectivity index (χ4n) is 1.29. The molecule has 0 atom stereocenters. The Morgan fingerprint density at radius 1 is 1.42 bits per heavy atom. The smallest absolute Gasteiger partial charge is 0.344 e. The molecule has 0 aliphatic rings. The quantitative estimate of drug-likeness (QED) is 0.495. The predicted octanol–water partition coefficient (Wildman–Crippen LogP) is 1.80. The van der Waals surface area contributed by atoms with E-state index in [9.17, 15) is 4.79 Å². The molecule has 0 amide bonds. The Hall–Kier alpha value is -2.37. The summed E-state index contributed by atoms with van der Waals surface area (Å²) in [6, 6.07) is 0. The van der Waals surface area contributed by atoms with Crippen LogP contribution in [0.5, 0.6) is 11.8 Å². The number of rotatable bonds is 5. The third-order valence-corrected chi connectivity index (χ3v) is 2.17. The molecule has 0 saturated heterocycles. The van der Waals surface area contributed by atoms with Crippen LogP contribution in [0.4, 0.5) is 5.95 Å². The number of ether oxygens (including phenoxy) is 2. The molecule has 6 heteroatoms. The minimum Gasteiger partial charge on any atom is -0.478 e. The van der Waals surface area contributed by atoms with Crippen LogP contribution in [0.1, 0.15) is 19.4 Å². The highest BCUT2D eigenvalue weighted by Crippen LogP contribution is 2.25. The van der Waals surface area contributed by atoms with Crippen LogP contribution in [-0.4, -0.2) is 22.5 Å². The van der Waals surface area contributed by atoms with Gasteiger partial charge in [0.15, 0.2) is 0 Å². The van der Waals surface area contributed by atoms with Gasteiger partial charge in [-0.3, -0.25) is 0 Å². The van der Waals surface area contributed by atoms with Crippen molar-refractivity contribution < 1.29 is 14.3 Å². The molecule has 1 heterocycles. The molecule has 0 unspecified atom stereocenters. The van der Waals surface area contributed by atoms with Crippen molar-refractivity contribution in [3.8, 4) is 11.8 Å². The van der Waals surface area contributed by atoms with Gasteiger partial charge in [-0.05, 0) is 20.8 Å². The van der Waals surface area contributed by atoms with Crippen molar-refractivity contribution in [2.75, 3.05) is 12.3 Å². The Morgan fingerprint density at radius 3 is 2.63 bits per heavy atom. The van der Waals surface area contributed by atoms with Crippen LogP contribution in [0, 0.1) is 6.92 Å². The standard InChI is InChI=1S/C13H17N3O3/c1-5-7-8(3)12(17)19-11-9(4)10(18-6-2)15-13(14)16-11/h5,7H,3,6H2,1-2,4H3,(H2,14,15,16)/b7-5-. The van der Waals surface area contributed by atoms with Crippen molar-refractivity contribution in [3.05, 3.63) is 29.9 Å². The first kappa shape index (κ1) is 14.7. The molecule has 6 nitrogen and oxygen atoms in total. The summed E-state index contributed by atoms with van der Waals surface area (Å²) in [7, 11) is 0. The summed E-state index contributed by atoms with van der Waals surface area (Å²) in [6.45, 7) is 9.29. The first-order valence-corrected chi connectivity index (χ1v) is 5.80. The van der Waals surface area contributed by atoms with E-state index in [-0.39, 0.29) is 17.4 Å². The van der Waals surface area contributed by atoms with E-state index < -0.39 is 5.97 Å². The third kappa shape index (κ3) is 3.80. The number of anilines is 1. The van der Waals surface area contributed by atoms with Crippen LogP contribution in [-0.2, 0) is 4.79 Å². The molecule has 102 valence electrons. The van der Waals surface area contributed by atoms with Crippen molar-refractivity contribution in [2.24, 2.45) is 0 Å². The molecule has 0 spiro atoms. The summed E-state index contributed by atoms with van der Waals surface area (Å²) in [4.78, 5) is 19.5. The Labute approximate surface area is 112 Å². The van der Waals surface area contributed by atoms with Gasteiger partial charge < -0.3 is 15.2 Å². The molecular formula is C13H17N3O3. The van der Waals surface area contributed by atoms with Gasteiger partial charge in [0.05, 0.1) is 17.7 Å². The number of carbonyl (C=O) groups is 1. The molecule has 0 aliphatic heterocycles. The van der Waals surface area contributed by atoms with Crippen LogP contribution < -0.4 is 15.2 Å². The molecule has 0 fully saturated rings. The van der Waals surface area contributed by atoms with Crippen LogP contribution in [0.2, 0.25) is 0 Å². The molecule has 19 heavy (non-hydrogen) atoms. The van der Waals surface area contributed by atoms with Crippen molar-refractivity contribution in [3.63, 3.8) is 0 Å². The average molecular weight is 263 g/mol. The lowest BCUT2D eigenvalue weighted by atomic mass is 10.3. The van der Waals surface area contributed by atoms with Crippen LogP contribution in [0.3, 0.4) is 0 Å². The predicted molar refractivity (Wildman–Crippen MR) is 71.9 cm³/mol. The second-order valence-corrected chi connectivity index (χ2v) is 3.66. The highest BCUT2D eigenvalue weighted by atomic mass is 16.5. The molecule has 1 aromatic rings. The zero-order chi connectivity index (χ0) is 14.4. The number of aromatic nitrogens is 2. The van der Waals surface area contributed by atoms with Gasteiger partial charge in [0, 0.05) is 0 Å². The number of hydrogen-bond acceptors (Lipinski definition) is 6. The lowest BCUT2D eigenvalue weighted by Gasteiger charge is -2.10. The van der Waals surface area contributed by atoms with E-state index in [2.05, 4.69) is 16.5 Å². The largest absolute Gasteiger partial charge is 0.478 e. The molecule has 0 aromatic carbocycles.